The maximum atomic E-state index is 5.91. The molecule has 2 rings (SSSR count). The Labute approximate surface area is 94.6 Å². The molecule has 2 aliphatic rings. The molecule has 0 aliphatic heterocycles. The van der Waals surface area contributed by atoms with Gasteiger partial charge in [-0.25, -0.2) is 0 Å². The lowest BCUT2D eigenvalue weighted by atomic mass is 9.59. The normalized spacial score (nSPS) is 40.8. The second kappa shape index (κ2) is 4.45. The third-order valence-electron chi connectivity index (χ3n) is 4.28. The Morgan fingerprint density at radius 2 is 2.13 bits per heavy atom. The highest BCUT2D eigenvalue weighted by molar-refractivity contribution is 4.92. The van der Waals surface area contributed by atoms with Gasteiger partial charge >= 0.3 is 0 Å². The second-order valence-electron chi connectivity index (χ2n) is 6.37. The Balaban J connectivity index is 1.97. The topological polar surface area (TPSA) is 9.23 Å². The van der Waals surface area contributed by atoms with Crippen LogP contribution in [0.2, 0.25) is 0 Å². The van der Waals surface area contributed by atoms with Gasteiger partial charge in [0.2, 0.25) is 0 Å². The van der Waals surface area contributed by atoms with E-state index in [2.05, 4.69) is 20.8 Å². The van der Waals surface area contributed by atoms with Crippen molar-refractivity contribution in [3.63, 3.8) is 0 Å². The minimum atomic E-state index is 0.400. The van der Waals surface area contributed by atoms with Crippen molar-refractivity contribution in [2.24, 2.45) is 17.3 Å². The van der Waals surface area contributed by atoms with Crippen LogP contribution in [0.5, 0.6) is 0 Å². The van der Waals surface area contributed by atoms with Crippen molar-refractivity contribution in [2.75, 3.05) is 6.61 Å². The molecule has 3 unspecified atom stereocenters. The van der Waals surface area contributed by atoms with Gasteiger partial charge in [-0.1, -0.05) is 19.8 Å². The quantitative estimate of drug-likeness (QED) is 0.683. The molecule has 0 N–H and O–H groups in total. The van der Waals surface area contributed by atoms with Gasteiger partial charge in [-0.15, -0.1) is 0 Å². The summed E-state index contributed by atoms with van der Waals surface area (Å²) in [5.74, 6) is 1.94. The molecule has 1 nitrogen and oxygen atoms in total. The number of rotatable bonds is 3. The van der Waals surface area contributed by atoms with Crippen LogP contribution in [0.1, 0.15) is 59.3 Å². The summed E-state index contributed by atoms with van der Waals surface area (Å²) in [6.07, 6.45) is 9.08. The lowest BCUT2D eigenvalue weighted by Crippen LogP contribution is -2.40. The van der Waals surface area contributed by atoms with Crippen LogP contribution in [0, 0.1) is 17.3 Å². The van der Waals surface area contributed by atoms with Crippen molar-refractivity contribution in [1.82, 2.24) is 0 Å². The molecular weight excluding hydrogens is 184 g/mol. The Hall–Kier alpha value is -0.0400. The summed E-state index contributed by atoms with van der Waals surface area (Å²) in [6.45, 7) is 7.76. The maximum absolute atomic E-state index is 5.91. The first-order valence-electron chi connectivity index (χ1n) is 6.71. The summed E-state index contributed by atoms with van der Waals surface area (Å²) < 4.78 is 5.91. The molecule has 0 aromatic heterocycles. The lowest BCUT2D eigenvalue weighted by molar-refractivity contribution is -0.0546. The SMILES string of the molecule is CC1CC2CCCC(COC(C)C)(C1)C2. The molecule has 2 saturated carbocycles. The molecule has 0 aromatic carbocycles. The van der Waals surface area contributed by atoms with Gasteiger partial charge in [0.05, 0.1) is 12.7 Å². The predicted molar refractivity (Wildman–Crippen MR) is 63.9 cm³/mol. The van der Waals surface area contributed by atoms with Gasteiger partial charge in [0.25, 0.3) is 0 Å². The fraction of sp³-hybridized carbons (Fsp3) is 1.00. The molecule has 0 heterocycles. The van der Waals surface area contributed by atoms with Gasteiger partial charge in [-0.05, 0) is 56.8 Å². The molecule has 0 spiro atoms. The average molecular weight is 210 g/mol. The third-order valence-corrected chi connectivity index (χ3v) is 4.28. The lowest BCUT2D eigenvalue weighted by Gasteiger charge is -2.47. The highest BCUT2D eigenvalue weighted by Gasteiger charge is 2.41. The van der Waals surface area contributed by atoms with E-state index in [4.69, 9.17) is 4.74 Å². The Morgan fingerprint density at radius 1 is 1.33 bits per heavy atom. The van der Waals surface area contributed by atoms with E-state index in [1.165, 1.54) is 38.5 Å². The average Bonchev–Trinajstić information content (AvgIpc) is 2.14. The van der Waals surface area contributed by atoms with Crippen LogP contribution in [-0.2, 0) is 4.74 Å². The van der Waals surface area contributed by atoms with E-state index < -0.39 is 0 Å². The van der Waals surface area contributed by atoms with Crippen molar-refractivity contribution >= 4 is 0 Å². The Morgan fingerprint density at radius 3 is 2.87 bits per heavy atom. The molecule has 0 radical (unpaired) electrons. The summed E-state index contributed by atoms with van der Waals surface area (Å²) in [5, 5.41) is 0. The van der Waals surface area contributed by atoms with Crippen LogP contribution in [-0.4, -0.2) is 12.7 Å². The molecular formula is C14H26O. The molecule has 3 atom stereocenters. The maximum Gasteiger partial charge on any atom is 0.0526 e. The van der Waals surface area contributed by atoms with Gasteiger partial charge in [0.1, 0.15) is 0 Å². The minimum Gasteiger partial charge on any atom is -0.378 e. The van der Waals surface area contributed by atoms with E-state index in [1.807, 2.05) is 0 Å². The van der Waals surface area contributed by atoms with E-state index in [9.17, 15) is 0 Å². The number of fused-ring (bicyclic) bond motifs is 2. The summed E-state index contributed by atoms with van der Waals surface area (Å²) in [5.41, 5.74) is 0.560. The summed E-state index contributed by atoms with van der Waals surface area (Å²) in [6, 6.07) is 0. The Bertz CT molecular complexity index is 207. The number of hydrogen-bond donors (Lipinski definition) is 0. The molecule has 15 heavy (non-hydrogen) atoms. The first kappa shape index (κ1) is 11.4. The van der Waals surface area contributed by atoms with E-state index in [0.29, 0.717) is 11.5 Å². The predicted octanol–water partition coefficient (Wildman–Crippen LogP) is 4.02. The van der Waals surface area contributed by atoms with Gasteiger partial charge in [0.15, 0.2) is 0 Å². The van der Waals surface area contributed by atoms with Crippen LogP contribution in [0.25, 0.3) is 0 Å². The van der Waals surface area contributed by atoms with Crippen LogP contribution >= 0.6 is 0 Å². The third kappa shape index (κ3) is 2.75. The van der Waals surface area contributed by atoms with Gasteiger partial charge in [0, 0.05) is 0 Å². The van der Waals surface area contributed by atoms with Gasteiger partial charge in [-0.2, -0.15) is 0 Å². The van der Waals surface area contributed by atoms with Crippen LogP contribution in [0.4, 0.5) is 0 Å². The molecule has 2 bridgehead atoms. The van der Waals surface area contributed by atoms with Crippen molar-refractivity contribution in [3.05, 3.63) is 0 Å². The van der Waals surface area contributed by atoms with Gasteiger partial charge < -0.3 is 4.74 Å². The van der Waals surface area contributed by atoms with E-state index >= 15 is 0 Å². The zero-order valence-electron chi connectivity index (χ0n) is 10.6. The Kier molecular flexibility index (Phi) is 3.39. The largest absolute Gasteiger partial charge is 0.378 e. The smallest absolute Gasteiger partial charge is 0.0526 e. The zero-order valence-corrected chi connectivity index (χ0v) is 10.6. The van der Waals surface area contributed by atoms with Crippen molar-refractivity contribution in [3.8, 4) is 0 Å². The first-order valence-corrected chi connectivity index (χ1v) is 6.71. The van der Waals surface area contributed by atoms with Crippen LogP contribution in [0.15, 0.2) is 0 Å². The van der Waals surface area contributed by atoms with Crippen molar-refractivity contribution < 1.29 is 4.74 Å². The molecule has 88 valence electrons. The standard InChI is InChI=1S/C14H26O/c1-11(2)15-10-14-6-4-5-13(9-14)7-12(3)8-14/h11-13H,4-10H2,1-3H3. The van der Waals surface area contributed by atoms with Crippen molar-refractivity contribution in [1.29, 1.82) is 0 Å². The highest BCUT2D eigenvalue weighted by atomic mass is 16.5. The van der Waals surface area contributed by atoms with E-state index in [0.717, 1.165) is 18.4 Å². The second-order valence-corrected chi connectivity index (χ2v) is 6.37. The van der Waals surface area contributed by atoms with E-state index in [1.54, 1.807) is 0 Å². The number of ether oxygens (including phenoxy) is 1. The molecule has 0 aromatic rings. The van der Waals surface area contributed by atoms with E-state index in [-0.39, 0.29) is 0 Å². The monoisotopic (exact) mass is 210 g/mol. The fourth-order valence-corrected chi connectivity index (χ4v) is 3.89. The van der Waals surface area contributed by atoms with Gasteiger partial charge in [-0.3, -0.25) is 0 Å². The van der Waals surface area contributed by atoms with Crippen molar-refractivity contribution in [2.45, 2.75) is 65.4 Å². The number of hydrogen-bond acceptors (Lipinski definition) is 1. The highest BCUT2D eigenvalue weighted by Crippen LogP contribution is 2.51. The first-order chi connectivity index (χ1) is 7.10. The zero-order chi connectivity index (χ0) is 10.9. The molecule has 1 heteroatoms. The molecule has 0 amide bonds. The summed E-state index contributed by atoms with van der Waals surface area (Å²) >= 11 is 0. The summed E-state index contributed by atoms with van der Waals surface area (Å²) in [4.78, 5) is 0. The minimum absolute atomic E-state index is 0.400. The molecule has 2 aliphatic carbocycles. The molecule has 2 fully saturated rings. The molecule has 0 saturated heterocycles. The van der Waals surface area contributed by atoms with Crippen LogP contribution < -0.4 is 0 Å². The summed E-state index contributed by atoms with van der Waals surface area (Å²) in [7, 11) is 0. The fourth-order valence-electron chi connectivity index (χ4n) is 3.89. The van der Waals surface area contributed by atoms with Crippen LogP contribution in [0.3, 0.4) is 0 Å².